The molecule has 1 fully saturated rings. The molecule has 0 aliphatic carbocycles. The van der Waals surface area contributed by atoms with Crippen molar-refractivity contribution < 1.29 is 14.0 Å². The van der Waals surface area contributed by atoms with Gasteiger partial charge in [-0.3, -0.25) is 4.57 Å². The van der Waals surface area contributed by atoms with E-state index in [2.05, 4.69) is 45.7 Å². The first-order valence-corrected chi connectivity index (χ1v) is 11.1. The van der Waals surface area contributed by atoms with E-state index in [0.717, 1.165) is 48.3 Å². The van der Waals surface area contributed by atoms with Gasteiger partial charge in [0.15, 0.2) is 16.8 Å². The highest BCUT2D eigenvalue weighted by molar-refractivity contribution is 7.98. The lowest BCUT2D eigenvalue weighted by molar-refractivity contribution is 0.0953. The molecule has 160 valence electrons. The van der Waals surface area contributed by atoms with Crippen LogP contribution in [0.15, 0.2) is 33.9 Å². The maximum absolute atomic E-state index is 5.87. The van der Waals surface area contributed by atoms with Gasteiger partial charge in [-0.05, 0) is 37.1 Å². The Morgan fingerprint density at radius 2 is 2.00 bits per heavy atom. The van der Waals surface area contributed by atoms with Crippen LogP contribution in [0.5, 0.6) is 5.75 Å². The van der Waals surface area contributed by atoms with E-state index in [1.807, 2.05) is 24.3 Å². The first-order chi connectivity index (χ1) is 14.4. The zero-order valence-corrected chi connectivity index (χ0v) is 18.6. The summed E-state index contributed by atoms with van der Waals surface area (Å²) in [5.74, 6) is 3.48. The van der Waals surface area contributed by atoms with E-state index in [-0.39, 0.29) is 11.5 Å². The van der Waals surface area contributed by atoms with E-state index < -0.39 is 0 Å². The third kappa shape index (κ3) is 4.67. The van der Waals surface area contributed by atoms with Crippen molar-refractivity contribution in [3.63, 3.8) is 0 Å². The van der Waals surface area contributed by atoms with Gasteiger partial charge in [-0.2, -0.15) is 4.98 Å². The normalized spacial score (nSPS) is 16.9. The minimum Gasteiger partial charge on any atom is -0.497 e. The fourth-order valence-corrected chi connectivity index (χ4v) is 4.04. The van der Waals surface area contributed by atoms with Gasteiger partial charge in [0.05, 0.1) is 25.5 Å². The minimum absolute atomic E-state index is 0.169. The zero-order chi connectivity index (χ0) is 21.1. The largest absolute Gasteiger partial charge is 0.497 e. The summed E-state index contributed by atoms with van der Waals surface area (Å²) < 4.78 is 18.7. The lowest BCUT2D eigenvalue weighted by Crippen LogP contribution is -2.16. The van der Waals surface area contributed by atoms with Crippen LogP contribution in [0.4, 0.5) is 0 Å². The molecule has 0 bridgehead atoms. The molecule has 1 saturated heterocycles. The number of hydrogen-bond donors (Lipinski definition) is 0. The van der Waals surface area contributed by atoms with Crippen LogP contribution in [-0.4, -0.2) is 44.7 Å². The Bertz CT molecular complexity index is 971. The van der Waals surface area contributed by atoms with Crippen molar-refractivity contribution in [2.75, 3.05) is 13.7 Å². The molecule has 0 amide bonds. The predicted octanol–water partition coefficient (Wildman–Crippen LogP) is 4.11. The molecule has 8 nitrogen and oxygen atoms in total. The number of thioether (sulfide) groups is 1. The number of nitrogens with zero attached hydrogens (tertiary/aromatic N) is 5. The Morgan fingerprint density at radius 3 is 2.63 bits per heavy atom. The van der Waals surface area contributed by atoms with E-state index in [0.29, 0.717) is 17.5 Å². The van der Waals surface area contributed by atoms with Crippen molar-refractivity contribution in [1.82, 2.24) is 24.9 Å². The van der Waals surface area contributed by atoms with E-state index in [1.54, 1.807) is 18.9 Å². The van der Waals surface area contributed by atoms with Gasteiger partial charge in [0, 0.05) is 17.6 Å². The fourth-order valence-electron chi connectivity index (χ4n) is 3.25. The smallest absolute Gasteiger partial charge is 0.232 e. The number of methoxy groups -OCH3 is 1. The number of aromatic nitrogens is 5. The summed E-state index contributed by atoms with van der Waals surface area (Å²) in [4.78, 5) is 4.52. The van der Waals surface area contributed by atoms with Gasteiger partial charge in [-0.1, -0.05) is 37.7 Å². The van der Waals surface area contributed by atoms with Crippen LogP contribution >= 0.6 is 11.8 Å². The van der Waals surface area contributed by atoms with Crippen molar-refractivity contribution in [3.05, 3.63) is 36.0 Å². The Kier molecular flexibility index (Phi) is 6.10. The molecule has 3 heterocycles. The standard InChI is InChI=1S/C21H27N5O3S/c1-21(2,3)19-22-17(25-29-19)13-30-20-24-23-18(14-7-9-15(27-4)10-8-14)26(20)12-16-6-5-11-28-16/h7-10,16H,5-6,11-13H2,1-4H3. The highest BCUT2D eigenvalue weighted by Gasteiger charge is 2.24. The van der Waals surface area contributed by atoms with Crippen LogP contribution in [0.1, 0.15) is 45.3 Å². The highest BCUT2D eigenvalue weighted by atomic mass is 32.2. The van der Waals surface area contributed by atoms with E-state index in [1.165, 1.54) is 0 Å². The molecule has 1 unspecified atom stereocenters. The van der Waals surface area contributed by atoms with Crippen molar-refractivity contribution in [2.45, 2.75) is 62.6 Å². The number of rotatable bonds is 7. The van der Waals surface area contributed by atoms with Gasteiger partial charge >= 0.3 is 0 Å². The molecule has 2 aromatic heterocycles. The lowest BCUT2D eigenvalue weighted by atomic mass is 9.97. The summed E-state index contributed by atoms with van der Waals surface area (Å²) in [7, 11) is 1.66. The Morgan fingerprint density at radius 1 is 1.20 bits per heavy atom. The van der Waals surface area contributed by atoms with Crippen LogP contribution in [-0.2, 0) is 22.4 Å². The summed E-state index contributed by atoms with van der Waals surface area (Å²) in [6.07, 6.45) is 2.31. The first-order valence-electron chi connectivity index (χ1n) is 10.1. The van der Waals surface area contributed by atoms with Crippen LogP contribution in [0, 0.1) is 0 Å². The molecule has 0 saturated carbocycles. The second-order valence-electron chi connectivity index (χ2n) is 8.33. The molecular formula is C21H27N5O3S. The molecule has 1 aromatic carbocycles. The summed E-state index contributed by atoms with van der Waals surface area (Å²) in [5, 5.41) is 13.9. The number of hydrogen-bond acceptors (Lipinski definition) is 8. The molecule has 30 heavy (non-hydrogen) atoms. The SMILES string of the molecule is COc1ccc(-c2nnc(SCc3noc(C(C)(C)C)n3)n2CC2CCCO2)cc1. The molecule has 0 radical (unpaired) electrons. The van der Waals surface area contributed by atoms with Crippen LogP contribution in [0.2, 0.25) is 0 Å². The number of ether oxygens (including phenoxy) is 2. The summed E-state index contributed by atoms with van der Waals surface area (Å²) >= 11 is 1.55. The average Bonchev–Trinajstić information content (AvgIpc) is 3.48. The van der Waals surface area contributed by atoms with Gasteiger partial charge in [0.1, 0.15) is 5.75 Å². The van der Waals surface area contributed by atoms with Gasteiger partial charge in [-0.15, -0.1) is 10.2 Å². The van der Waals surface area contributed by atoms with Crippen molar-refractivity contribution in [2.24, 2.45) is 0 Å². The summed E-state index contributed by atoms with van der Waals surface area (Å²) in [6.45, 7) is 7.69. The van der Waals surface area contributed by atoms with Crippen molar-refractivity contribution >= 4 is 11.8 Å². The Hall–Kier alpha value is -2.39. The monoisotopic (exact) mass is 429 g/mol. The van der Waals surface area contributed by atoms with E-state index >= 15 is 0 Å². The molecule has 9 heteroatoms. The Labute approximate surface area is 180 Å². The fraction of sp³-hybridized carbons (Fsp3) is 0.524. The average molecular weight is 430 g/mol. The maximum Gasteiger partial charge on any atom is 0.232 e. The maximum atomic E-state index is 5.87. The molecule has 0 spiro atoms. The second-order valence-corrected chi connectivity index (χ2v) is 9.28. The molecular weight excluding hydrogens is 402 g/mol. The molecule has 1 aliphatic rings. The van der Waals surface area contributed by atoms with Crippen LogP contribution in [0.3, 0.4) is 0 Å². The molecule has 0 N–H and O–H groups in total. The Balaban J connectivity index is 1.56. The minimum atomic E-state index is -0.169. The molecule has 4 rings (SSSR count). The van der Waals surface area contributed by atoms with Crippen LogP contribution < -0.4 is 4.74 Å². The highest BCUT2D eigenvalue weighted by Crippen LogP contribution is 2.29. The van der Waals surface area contributed by atoms with Gasteiger partial charge < -0.3 is 14.0 Å². The number of benzene rings is 1. The quantitative estimate of drug-likeness (QED) is 0.519. The molecule has 3 aromatic rings. The summed E-state index contributed by atoms with van der Waals surface area (Å²) in [5.41, 5.74) is 0.819. The van der Waals surface area contributed by atoms with E-state index in [4.69, 9.17) is 14.0 Å². The van der Waals surface area contributed by atoms with Crippen molar-refractivity contribution in [3.8, 4) is 17.1 Å². The third-order valence-electron chi connectivity index (χ3n) is 4.92. The van der Waals surface area contributed by atoms with Crippen molar-refractivity contribution in [1.29, 1.82) is 0 Å². The van der Waals surface area contributed by atoms with Gasteiger partial charge in [-0.25, -0.2) is 0 Å². The molecule has 1 aliphatic heterocycles. The third-order valence-corrected chi connectivity index (χ3v) is 5.88. The van der Waals surface area contributed by atoms with E-state index in [9.17, 15) is 0 Å². The topological polar surface area (TPSA) is 88.1 Å². The molecule has 1 atom stereocenters. The van der Waals surface area contributed by atoms with Gasteiger partial charge in [0.2, 0.25) is 5.89 Å². The lowest BCUT2D eigenvalue weighted by Gasteiger charge is -2.14. The first kappa shape index (κ1) is 20.9. The van der Waals surface area contributed by atoms with Crippen LogP contribution in [0.25, 0.3) is 11.4 Å². The summed E-state index contributed by atoms with van der Waals surface area (Å²) in [6, 6.07) is 7.86. The van der Waals surface area contributed by atoms with Gasteiger partial charge in [0.25, 0.3) is 0 Å². The zero-order valence-electron chi connectivity index (χ0n) is 17.8. The second kappa shape index (κ2) is 8.77. The predicted molar refractivity (Wildman–Crippen MR) is 114 cm³/mol.